The Morgan fingerprint density at radius 2 is 1.05 bits per heavy atom. The minimum absolute atomic E-state index is 0.295. The summed E-state index contributed by atoms with van der Waals surface area (Å²) in [5.41, 5.74) is 1.45. The van der Waals surface area contributed by atoms with Gasteiger partial charge in [0, 0.05) is 11.4 Å². The third-order valence-electron chi connectivity index (χ3n) is 2.62. The highest BCUT2D eigenvalue weighted by molar-refractivity contribution is 7.19. The standard InChI is InChI=1S/C14H10F2N4S/c15-9-1-5-11(6-2-9)17-13-19-20-14(21-13)18-12-7-3-10(16)4-8-12/h1-8H,(H,17,19)(H,18,20). The molecule has 0 radical (unpaired) electrons. The van der Waals surface area contributed by atoms with E-state index >= 15 is 0 Å². The first-order chi connectivity index (χ1) is 10.2. The van der Waals surface area contributed by atoms with Crippen LogP contribution in [-0.4, -0.2) is 10.2 Å². The van der Waals surface area contributed by atoms with E-state index in [0.717, 1.165) is 11.4 Å². The number of nitrogens with one attached hydrogen (secondary N) is 2. The monoisotopic (exact) mass is 304 g/mol. The summed E-state index contributed by atoms with van der Waals surface area (Å²) in [6.45, 7) is 0. The Morgan fingerprint density at radius 1 is 0.667 bits per heavy atom. The van der Waals surface area contributed by atoms with Crippen LogP contribution in [-0.2, 0) is 0 Å². The lowest BCUT2D eigenvalue weighted by molar-refractivity contribution is 0.627. The molecule has 2 N–H and O–H groups in total. The maximum atomic E-state index is 12.8. The average molecular weight is 304 g/mol. The van der Waals surface area contributed by atoms with E-state index < -0.39 is 0 Å². The molecular weight excluding hydrogens is 294 g/mol. The molecule has 0 amide bonds. The van der Waals surface area contributed by atoms with Gasteiger partial charge in [0.15, 0.2) is 0 Å². The first-order valence-corrected chi connectivity index (χ1v) is 6.89. The van der Waals surface area contributed by atoms with Crippen molar-refractivity contribution in [3.63, 3.8) is 0 Å². The number of hydrogen-bond acceptors (Lipinski definition) is 5. The van der Waals surface area contributed by atoms with Crippen molar-refractivity contribution >= 4 is 33.0 Å². The molecule has 2 aromatic carbocycles. The SMILES string of the molecule is Fc1ccc(Nc2nnc(Nc3ccc(F)cc3)s2)cc1. The molecular formula is C14H10F2N4S. The normalized spacial score (nSPS) is 10.4. The Balaban J connectivity index is 1.68. The summed E-state index contributed by atoms with van der Waals surface area (Å²) in [7, 11) is 0. The van der Waals surface area contributed by atoms with Gasteiger partial charge in [0.25, 0.3) is 0 Å². The number of aromatic nitrogens is 2. The lowest BCUT2D eigenvalue weighted by atomic mass is 10.3. The number of anilines is 4. The van der Waals surface area contributed by atoms with Gasteiger partial charge in [-0.2, -0.15) is 0 Å². The summed E-state index contributed by atoms with van der Waals surface area (Å²) < 4.78 is 25.6. The third-order valence-corrected chi connectivity index (χ3v) is 3.37. The second-order valence-electron chi connectivity index (χ2n) is 4.18. The van der Waals surface area contributed by atoms with Gasteiger partial charge >= 0.3 is 0 Å². The zero-order valence-corrected chi connectivity index (χ0v) is 11.5. The molecule has 0 aliphatic carbocycles. The Labute approximate surface area is 123 Å². The maximum absolute atomic E-state index is 12.8. The molecule has 1 heterocycles. The van der Waals surface area contributed by atoms with Crippen LogP contribution in [0.25, 0.3) is 0 Å². The zero-order chi connectivity index (χ0) is 14.7. The number of benzene rings is 2. The van der Waals surface area contributed by atoms with Crippen LogP contribution >= 0.6 is 11.3 Å². The Bertz CT molecular complexity index is 663. The van der Waals surface area contributed by atoms with E-state index in [2.05, 4.69) is 20.8 Å². The largest absolute Gasteiger partial charge is 0.330 e. The molecule has 7 heteroatoms. The van der Waals surface area contributed by atoms with E-state index in [0.29, 0.717) is 10.3 Å². The van der Waals surface area contributed by atoms with E-state index in [1.807, 2.05) is 0 Å². The van der Waals surface area contributed by atoms with Gasteiger partial charge in [-0.25, -0.2) is 8.78 Å². The van der Waals surface area contributed by atoms with Crippen LogP contribution in [0.2, 0.25) is 0 Å². The maximum Gasteiger partial charge on any atom is 0.211 e. The summed E-state index contributed by atoms with van der Waals surface area (Å²) in [4.78, 5) is 0. The molecule has 0 atom stereocenters. The van der Waals surface area contributed by atoms with Crippen molar-refractivity contribution in [2.75, 3.05) is 10.6 Å². The van der Waals surface area contributed by atoms with Crippen LogP contribution in [0.5, 0.6) is 0 Å². The fourth-order valence-electron chi connectivity index (χ4n) is 1.64. The van der Waals surface area contributed by atoms with Gasteiger partial charge in [0.2, 0.25) is 10.3 Å². The highest BCUT2D eigenvalue weighted by Crippen LogP contribution is 2.26. The van der Waals surface area contributed by atoms with Gasteiger partial charge in [-0.3, -0.25) is 0 Å². The Hall–Kier alpha value is -2.54. The van der Waals surface area contributed by atoms with E-state index in [1.165, 1.54) is 35.6 Å². The summed E-state index contributed by atoms with van der Waals surface area (Å²) in [5.74, 6) is -0.590. The molecule has 0 aliphatic rings. The van der Waals surface area contributed by atoms with Crippen molar-refractivity contribution in [3.8, 4) is 0 Å². The Kier molecular flexibility index (Phi) is 3.74. The molecule has 0 spiro atoms. The van der Waals surface area contributed by atoms with E-state index in [4.69, 9.17) is 0 Å². The van der Waals surface area contributed by atoms with E-state index in [9.17, 15) is 8.78 Å². The van der Waals surface area contributed by atoms with Crippen LogP contribution in [0.3, 0.4) is 0 Å². The molecule has 0 aliphatic heterocycles. The zero-order valence-electron chi connectivity index (χ0n) is 10.7. The lowest BCUT2D eigenvalue weighted by Gasteiger charge is -2.01. The third kappa shape index (κ3) is 3.51. The van der Waals surface area contributed by atoms with Crippen LogP contribution in [0.15, 0.2) is 48.5 Å². The predicted octanol–water partition coefficient (Wildman–Crippen LogP) is 4.30. The summed E-state index contributed by atoms with van der Waals surface area (Å²) in [6, 6.07) is 11.9. The van der Waals surface area contributed by atoms with Gasteiger partial charge in [0.05, 0.1) is 0 Å². The number of nitrogens with zero attached hydrogens (tertiary/aromatic N) is 2. The molecule has 21 heavy (non-hydrogen) atoms. The second kappa shape index (κ2) is 5.84. The van der Waals surface area contributed by atoms with Crippen molar-refractivity contribution in [1.82, 2.24) is 10.2 Å². The van der Waals surface area contributed by atoms with Gasteiger partial charge in [0.1, 0.15) is 11.6 Å². The lowest BCUT2D eigenvalue weighted by Crippen LogP contribution is -1.89. The van der Waals surface area contributed by atoms with Crippen molar-refractivity contribution in [2.45, 2.75) is 0 Å². The van der Waals surface area contributed by atoms with Crippen LogP contribution in [0, 0.1) is 11.6 Å². The molecule has 3 rings (SSSR count). The quantitative estimate of drug-likeness (QED) is 0.754. The Morgan fingerprint density at radius 3 is 1.43 bits per heavy atom. The van der Waals surface area contributed by atoms with Crippen molar-refractivity contribution in [3.05, 3.63) is 60.2 Å². The molecule has 0 saturated carbocycles. The minimum Gasteiger partial charge on any atom is -0.330 e. The molecule has 0 saturated heterocycles. The minimum atomic E-state index is -0.295. The van der Waals surface area contributed by atoms with Gasteiger partial charge in [-0.05, 0) is 48.5 Å². The van der Waals surface area contributed by atoms with Crippen LogP contribution in [0.4, 0.5) is 30.4 Å². The highest BCUT2D eigenvalue weighted by Gasteiger charge is 2.05. The van der Waals surface area contributed by atoms with E-state index in [-0.39, 0.29) is 11.6 Å². The van der Waals surface area contributed by atoms with Crippen LogP contribution in [0.1, 0.15) is 0 Å². The molecule has 106 valence electrons. The van der Waals surface area contributed by atoms with Gasteiger partial charge in [-0.15, -0.1) is 10.2 Å². The number of rotatable bonds is 4. The van der Waals surface area contributed by atoms with Crippen LogP contribution < -0.4 is 10.6 Å². The highest BCUT2D eigenvalue weighted by atomic mass is 32.1. The molecule has 0 unspecified atom stereocenters. The smallest absolute Gasteiger partial charge is 0.211 e. The first kappa shape index (κ1) is 13.4. The average Bonchev–Trinajstić information content (AvgIpc) is 2.91. The van der Waals surface area contributed by atoms with Crippen molar-refractivity contribution < 1.29 is 8.78 Å². The topological polar surface area (TPSA) is 49.8 Å². The molecule has 0 fully saturated rings. The summed E-state index contributed by atoms with van der Waals surface area (Å²) >= 11 is 1.30. The molecule has 0 bridgehead atoms. The predicted molar refractivity (Wildman–Crippen MR) is 79.3 cm³/mol. The molecule has 4 nitrogen and oxygen atoms in total. The number of hydrogen-bond donors (Lipinski definition) is 2. The summed E-state index contributed by atoms with van der Waals surface area (Å²) in [5, 5.41) is 15.1. The van der Waals surface area contributed by atoms with Gasteiger partial charge in [-0.1, -0.05) is 11.3 Å². The first-order valence-electron chi connectivity index (χ1n) is 6.08. The van der Waals surface area contributed by atoms with E-state index in [1.54, 1.807) is 24.3 Å². The number of halogens is 2. The van der Waals surface area contributed by atoms with Crippen molar-refractivity contribution in [2.24, 2.45) is 0 Å². The fraction of sp³-hybridized carbons (Fsp3) is 0. The molecule has 3 aromatic rings. The fourth-order valence-corrected chi connectivity index (χ4v) is 2.32. The van der Waals surface area contributed by atoms with Gasteiger partial charge < -0.3 is 10.6 Å². The molecule has 1 aromatic heterocycles. The second-order valence-corrected chi connectivity index (χ2v) is 5.15. The summed E-state index contributed by atoms with van der Waals surface area (Å²) in [6.07, 6.45) is 0. The van der Waals surface area contributed by atoms with Crippen molar-refractivity contribution in [1.29, 1.82) is 0 Å².